The highest BCUT2D eigenvalue weighted by Crippen LogP contribution is 2.32. The van der Waals surface area contributed by atoms with E-state index in [0.29, 0.717) is 34.1 Å². The maximum absolute atomic E-state index is 12.6. The maximum atomic E-state index is 12.6. The average molecular weight is 344 g/mol. The van der Waals surface area contributed by atoms with E-state index >= 15 is 0 Å². The number of benzene rings is 2. The number of hydrogen-bond donors (Lipinski definition) is 0. The van der Waals surface area contributed by atoms with Crippen LogP contribution >= 0.6 is 0 Å². The second kappa shape index (κ2) is 9.37. The van der Waals surface area contributed by atoms with E-state index in [1.165, 1.54) is 20.3 Å². The Labute approximate surface area is 148 Å². The van der Waals surface area contributed by atoms with E-state index in [9.17, 15) is 4.79 Å². The third-order valence-electron chi connectivity index (χ3n) is 3.54. The molecule has 0 bridgehead atoms. The lowest BCUT2D eigenvalue weighted by Crippen LogP contribution is -2.02. The van der Waals surface area contributed by atoms with Crippen LogP contribution in [-0.2, 0) is 0 Å². The molecule has 2 rings (SSSR count). The van der Waals surface area contributed by atoms with E-state index in [-0.39, 0.29) is 13.2 Å². The van der Waals surface area contributed by atoms with E-state index in [2.05, 4.69) is 0 Å². The monoisotopic (exact) mass is 344 g/mol. The summed E-state index contributed by atoms with van der Waals surface area (Å²) in [7, 11) is 6.16. The number of ether oxygens (including phenoxy) is 4. The Kier molecular flexibility index (Phi) is 7.53. The Morgan fingerprint density at radius 2 is 1.16 bits per heavy atom. The SMILES string of the molecule is C.COc1cccc(OC)c1/C=C/C(=O)c1c(OC)cccc1OC. The molecular formula is C20H24O5. The summed E-state index contributed by atoms with van der Waals surface area (Å²) in [4.78, 5) is 12.6. The molecule has 0 unspecified atom stereocenters. The minimum absolute atomic E-state index is 0. The summed E-state index contributed by atoms with van der Waals surface area (Å²) in [5.74, 6) is 1.90. The van der Waals surface area contributed by atoms with E-state index in [1.54, 1.807) is 50.6 Å². The van der Waals surface area contributed by atoms with Gasteiger partial charge < -0.3 is 18.9 Å². The molecule has 0 heterocycles. The molecule has 25 heavy (non-hydrogen) atoms. The van der Waals surface area contributed by atoms with Gasteiger partial charge in [-0.25, -0.2) is 0 Å². The standard InChI is InChI=1S/C19H20O5.CH4/c1-21-15-7-5-8-16(22-2)13(15)11-12-14(20)19-17(23-3)9-6-10-18(19)24-4;/h5-12H,1-4H3;1H4/b12-11+;. The Balaban J connectivity index is 0.00000312. The van der Waals surface area contributed by atoms with Crippen LogP contribution in [0, 0.1) is 0 Å². The molecule has 0 aliphatic heterocycles. The highest BCUT2D eigenvalue weighted by Gasteiger charge is 2.16. The Morgan fingerprint density at radius 3 is 1.56 bits per heavy atom. The summed E-state index contributed by atoms with van der Waals surface area (Å²) >= 11 is 0. The fourth-order valence-corrected chi connectivity index (χ4v) is 2.38. The lowest BCUT2D eigenvalue weighted by Gasteiger charge is -2.11. The van der Waals surface area contributed by atoms with Crippen LogP contribution in [0.2, 0.25) is 0 Å². The molecule has 0 N–H and O–H groups in total. The molecule has 0 saturated heterocycles. The van der Waals surface area contributed by atoms with Gasteiger partial charge in [0.1, 0.15) is 28.6 Å². The van der Waals surface area contributed by atoms with Crippen molar-refractivity contribution in [2.45, 2.75) is 7.43 Å². The third-order valence-corrected chi connectivity index (χ3v) is 3.54. The van der Waals surface area contributed by atoms with E-state index in [4.69, 9.17) is 18.9 Å². The molecule has 0 fully saturated rings. The van der Waals surface area contributed by atoms with Crippen molar-refractivity contribution in [3.8, 4) is 23.0 Å². The predicted molar refractivity (Wildman–Crippen MR) is 99.2 cm³/mol. The fourth-order valence-electron chi connectivity index (χ4n) is 2.38. The van der Waals surface area contributed by atoms with Crippen molar-refractivity contribution in [2.75, 3.05) is 28.4 Å². The second-order valence-corrected chi connectivity index (χ2v) is 4.81. The van der Waals surface area contributed by atoms with Crippen LogP contribution in [0.1, 0.15) is 23.3 Å². The van der Waals surface area contributed by atoms with E-state index in [1.807, 2.05) is 6.07 Å². The highest BCUT2D eigenvalue weighted by atomic mass is 16.5. The largest absolute Gasteiger partial charge is 0.496 e. The first-order valence-corrected chi connectivity index (χ1v) is 7.30. The Morgan fingerprint density at radius 1 is 0.760 bits per heavy atom. The highest BCUT2D eigenvalue weighted by molar-refractivity contribution is 6.10. The van der Waals surface area contributed by atoms with E-state index < -0.39 is 0 Å². The van der Waals surface area contributed by atoms with Crippen LogP contribution in [0.15, 0.2) is 42.5 Å². The zero-order valence-corrected chi connectivity index (χ0v) is 14.2. The second-order valence-electron chi connectivity index (χ2n) is 4.81. The third kappa shape index (κ3) is 4.32. The van der Waals surface area contributed by atoms with Crippen LogP contribution in [-0.4, -0.2) is 34.2 Å². The van der Waals surface area contributed by atoms with Gasteiger partial charge in [-0.05, 0) is 36.4 Å². The van der Waals surface area contributed by atoms with Gasteiger partial charge >= 0.3 is 0 Å². The van der Waals surface area contributed by atoms with Crippen molar-refractivity contribution < 1.29 is 23.7 Å². The number of carbonyl (C=O) groups excluding carboxylic acids is 1. The van der Waals surface area contributed by atoms with Crippen molar-refractivity contribution in [3.05, 3.63) is 53.6 Å². The molecule has 0 atom stereocenters. The van der Waals surface area contributed by atoms with Crippen LogP contribution in [0.25, 0.3) is 6.08 Å². The van der Waals surface area contributed by atoms with Crippen molar-refractivity contribution >= 4 is 11.9 Å². The van der Waals surface area contributed by atoms with Crippen molar-refractivity contribution in [1.29, 1.82) is 0 Å². The van der Waals surface area contributed by atoms with Gasteiger partial charge in [-0.2, -0.15) is 0 Å². The smallest absolute Gasteiger partial charge is 0.193 e. The van der Waals surface area contributed by atoms with Gasteiger partial charge in [-0.3, -0.25) is 4.79 Å². The summed E-state index contributed by atoms with van der Waals surface area (Å²) in [5, 5.41) is 0. The van der Waals surface area contributed by atoms with Gasteiger partial charge in [0.15, 0.2) is 5.78 Å². The summed E-state index contributed by atoms with van der Waals surface area (Å²) in [6, 6.07) is 10.6. The lowest BCUT2D eigenvalue weighted by molar-refractivity contribution is 0.104. The lowest BCUT2D eigenvalue weighted by atomic mass is 10.1. The summed E-state index contributed by atoms with van der Waals surface area (Å²) in [6.45, 7) is 0. The Hall–Kier alpha value is -2.95. The maximum Gasteiger partial charge on any atom is 0.193 e. The first kappa shape index (κ1) is 20.1. The van der Waals surface area contributed by atoms with Crippen molar-refractivity contribution in [3.63, 3.8) is 0 Å². The van der Waals surface area contributed by atoms with Crippen LogP contribution in [0.4, 0.5) is 0 Å². The number of hydrogen-bond acceptors (Lipinski definition) is 5. The minimum Gasteiger partial charge on any atom is -0.496 e. The number of allylic oxidation sites excluding steroid dienone is 1. The average Bonchev–Trinajstić information content (AvgIpc) is 2.64. The molecule has 134 valence electrons. The van der Waals surface area contributed by atoms with Crippen molar-refractivity contribution in [1.82, 2.24) is 0 Å². The zero-order chi connectivity index (χ0) is 17.5. The topological polar surface area (TPSA) is 54.0 Å². The van der Waals surface area contributed by atoms with E-state index in [0.717, 1.165) is 0 Å². The van der Waals surface area contributed by atoms with Gasteiger partial charge in [0.25, 0.3) is 0 Å². The quantitative estimate of drug-likeness (QED) is 0.555. The molecule has 2 aromatic rings. The number of carbonyl (C=O) groups is 1. The molecule has 5 heteroatoms. The van der Waals surface area contributed by atoms with Crippen LogP contribution in [0.5, 0.6) is 23.0 Å². The summed E-state index contributed by atoms with van der Waals surface area (Å²) < 4.78 is 21.2. The normalized spacial score (nSPS) is 10.1. The molecule has 0 aliphatic carbocycles. The van der Waals surface area contributed by atoms with Gasteiger partial charge in [0.2, 0.25) is 0 Å². The molecular weight excluding hydrogens is 320 g/mol. The Bertz CT molecular complexity index is 705. The molecule has 0 aliphatic rings. The molecule has 0 radical (unpaired) electrons. The molecule has 5 nitrogen and oxygen atoms in total. The first-order chi connectivity index (χ1) is 11.7. The van der Waals surface area contributed by atoms with Crippen LogP contribution in [0.3, 0.4) is 0 Å². The van der Waals surface area contributed by atoms with Gasteiger partial charge in [-0.15, -0.1) is 0 Å². The van der Waals surface area contributed by atoms with Gasteiger partial charge in [0.05, 0.1) is 34.0 Å². The van der Waals surface area contributed by atoms with Crippen LogP contribution < -0.4 is 18.9 Å². The van der Waals surface area contributed by atoms with Crippen molar-refractivity contribution in [2.24, 2.45) is 0 Å². The minimum atomic E-state index is -0.239. The number of methoxy groups -OCH3 is 4. The predicted octanol–water partition coefficient (Wildman–Crippen LogP) is 4.25. The summed E-state index contributed by atoms with van der Waals surface area (Å²) in [5.41, 5.74) is 1.05. The zero-order valence-electron chi connectivity index (χ0n) is 14.2. The number of rotatable bonds is 7. The first-order valence-electron chi connectivity index (χ1n) is 7.30. The number of ketones is 1. The van der Waals surface area contributed by atoms with Gasteiger partial charge in [0, 0.05) is 0 Å². The fraction of sp³-hybridized carbons (Fsp3) is 0.250. The molecule has 2 aromatic carbocycles. The summed E-state index contributed by atoms with van der Waals surface area (Å²) in [6.07, 6.45) is 3.10. The molecule has 0 aromatic heterocycles. The molecule has 0 spiro atoms. The molecule has 0 saturated carbocycles. The van der Waals surface area contributed by atoms with Gasteiger partial charge in [-0.1, -0.05) is 19.6 Å². The molecule has 0 amide bonds.